The molecule has 2 aromatic carbocycles. The molecule has 0 aromatic heterocycles. The molecule has 27 heavy (non-hydrogen) atoms. The highest BCUT2D eigenvalue weighted by Crippen LogP contribution is 2.39. The Balaban J connectivity index is 2.29. The fraction of sp³-hybridized carbons (Fsp3) is 0.118. The van der Waals surface area contributed by atoms with Crippen LogP contribution in [0.4, 0.5) is 5.69 Å². The Hall–Kier alpha value is -3.27. The molecule has 0 heterocycles. The van der Waals surface area contributed by atoms with E-state index in [1.165, 1.54) is 19.2 Å². The van der Waals surface area contributed by atoms with E-state index in [0.717, 1.165) is 17.6 Å². The Bertz CT molecular complexity index is 929. The largest absolute Gasteiger partial charge is 0.488 e. The lowest BCUT2D eigenvalue weighted by atomic mass is 10.1. The standard InChI is InChI=1S/C17H14BrN3O6/c1-10(22)27-14-7-6-12(15(21(24)25)16(14)26-2)9-19-20-17(23)11-4-3-5-13(18)8-11/h3-9H,1-2H3,(H,20,23)/b19-9+. The number of hydrogen-bond donors (Lipinski definition) is 1. The number of nitrogens with one attached hydrogen (secondary N) is 1. The summed E-state index contributed by atoms with van der Waals surface area (Å²) in [6.07, 6.45) is 1.11. The number of rotatable bonds is 6. The highest BCUT2D eigenvalue weighted by molar-refractivity contribution is 9.10. The van der Waals surface area contributed by atoms with Gasteiger partial charge in [-0.2, -0.15) is 5.10 Å². The molecule has 0 spiro atoms. The molecule has 9 nitrogen and oxygen atoms in total. The number of esters is 1. The minimum atomic E-state index is -0.691. The van der Waals surface area contributed by atoms with Gasteiger partial charge in [-0.15, -0.1) is 0 Å². The Morgan fingerprint density at radius 2 is 2.04 bits per heavy atom. The second kappa shape index (κ2) is 8.90. The zero-order valence-electron chi connectivity index (χ0n) is 14.3. The third-order valence-corrected chi connectivity index (χ3v) is 3.72. The zero-order chi connectivity index (χ0) is 20.0. The SMILES string of the molecule is COc1c(OC(C)=O)ccc(/C=N/NC(=O)c2cccc(Br)c2)c1[N+](=O)[O-]. The number of carbonyl (C=O) groups excluding carboxylic acids is 2. The maximum atomic E-state index is 12.0. The van der Waals surface area contributed by atoms with Crippen LogP contribution in [0.5, 0.6) is 11.5 Å². The molecule has 0 saturated carbocycles. The number of ether oxygens (including phenoxy) is 2. The molecule has 1 amide bonds. The summed E-state index contributed by atoms with van der Waals surface area (Å²) in [6.45, 7) is 1.16. The Morgan fingerprint density at radius 3 is 2.63 bits per heavy atom. The van der Waals surface area contributed by atoms with E-state index in [-0.39, 0.29) is 17.1 Å². The van der Waals surface area contributed by atoms with Crippen molar-refractivity contribution in [3.63, 3.8) is 0 Å². The molecule has 0 aliphatic carbocycles. The molecule has 10 heteroatoms. The topological polar surface area (TPSA) is 120 Å². The third-order valence-electron chi connectivity index (χ3n) is 3.22. The summed E-state index contributed by atoms with van der Waals surface area (Å²) in [6, 6.07) is 9.31. The van der Waals surface area contributed by atoms with Crippen molar-refractivity contribution in [2.45, 2.75) is 6.92 Å². The fourth-order valence-electron chi connectivity index (χ4n) is 2.15. The first-order valence-electron chi connectivity index (χ1n) is 7.46. The summed E-state index contributed by atoms with van der Waals surface area (Å²) in [5, 5.41) is 15.2. The van der Waals surface area contributed by atoms with Crippen LogP contribution in [0.3, 0.4) is 0 Å². The monoisotopic (exact) mass is 435 g/mol. The average Bonchev–Trinajstić information content (AvgIpc) is 2.61. The van der Waals surface area contributed by atoms with Gasteiger partial charge in [0.05, 0.1) is 23.8 Å². The van der Waals surface area contributed by atoms with Crippen molar-refractivity contribution >= 4 is 39.7 Å². The number of nitro benzene ring substituents is 1. The van der Waals surface area contributed by atoms with Crippen LogP contribution in [0.1, 0.15) is 22.8 Å². The molecule has 0 saturated heterocycles. The second-order valence-corrected chi connectivity index (χ2v) is 6.01. The Kier molecular flexibility index (Phi) is 6.61. The molecule has 0 radical (unpaired) electrons. The highest BCUT2D eigenvalue weighted by Gasteiger charge is 2.25. The van der Waals surface area contributed by atoms with Crippen molar-refractivity contribution < 1.29 is 24.0 Å². The first kappa shape index (κ1) is 20.0. The van der Waals surface area contributed by atoms with E-state index in [4.69, 9.17) is 9.47 Å². The first-order valence-corrected chi connectivity index (χ1v) is 8.25. The average molecular weight is 436 g/mol. The molecule has 0 aliphatic heterocycles. The lowest BCUT2D eigenvalue weighted by Gasteiger charge is -2.09. The number of nitro groups is 1. The molecule has 0 fully saturated rings. The first-order chi connectivity index (χ1) is 12.8. The highest BCUT2D eigenvalue weighted by atomic mass is 79.9. The van der Waals surface area contributed by atoms with Crippen molar-refractivity contribution in [2.24, 2.45) is 5.10 Å². The van der Waals surface area contributed by atoms with Crippen molar-refractivity contribution in [3.8, 4) is 11.5 Å². The molecule has 1 N–H and O–H groups in total. The quantitative estimate of drug-likeness (QED) is 0.244. The van der Waals surface area contributed by atoms with E-state index in [9.17, 15) is 19.7 Å². The number of carbonyl (C=O) groups is 2. The number of halogens is 1. The van der Waals surface area contributed by atoms with Crippen LogP contribution in [0.2, 0.25) is 0 Å². The lowest BCUT2D eigenvalue weighted by Crippen LogP contribution is -2.17. The summed E-state index contributed by atoms with van der Waals surface area (Å²) in [4.78, 5) is 33.9. The number of benzene rings is 2. The van der Waals surface area contributed by atoms with Crippen LogP contribution in [0.25, 0.3) is 0 Å². The van der Waals surface area contributed by atoms with Crippen molar-refractivity contribution in [1.82, 2.24) is 5.43 Å². The van der Waals surface area contributed by atoms with Crippen molar-refractivity contribution in [3.05, 3.63) is 62.1 Å². The maximum absolute atomic E-state index is 12.0. The van der Waals surface area contributed by atoms with Crippen LogP contribution in [-0.2, 0) is 4.79 Å². The van der Waals surface area contributed by atoms with Gasteiger partial charge in [0.1, 0.15) is 0 Å². The van der Waals surface area contributed by atoms with Crippen LogP contribution < -0.4 is 14.9 Å². The molecule has 0 bridgehead atoms. The van der Waals surface area contributed by atoms with Crippen LogP contribution in [-0.4, -0.2) is 30.1 Å². The molecule has 0 unspecified atom stereocenters. The molecular weight excluding hydrogens is 422 g/mol. The lowest BCUT2D eigenvalue weighted by molar-refractivity contribution is -0.385. The van der Waals surface area contributed by atoms with Gasteiger partial charge in [-0.3, -0.25) is 19.7 Å². The van der Waals surface area contributed by atoms with Gasteiger partial charge < -0.3 is 9.47 Å². The van der Waals surface area contributed by atoms with Crippen molar-refractivity contribution in [1.29, 1.82) is 0 Å². The predicted octanol–water partition coefficient (Wildman–Crippen LogP) is 3.06. The summed E-state index contributed by atoms with van der Waals surface area (Å²) < 4.78 is 10.6. The van der Waals surface area contributed by atoms with Gasteiger partial charge in [0, 0.05) is 17.0 Å². The van der Waals surface area contributed by atoms with E-state index in [1.807, 2.05) is 0 Å². The van der Waals surface area contributed by atoms with Crippen LogP contribution in [0, 0.1) is 10.1 Å². The number of hydrazone groups is 1. The van der Waals surface area contributed by atoms with Gasteiger partial charge in [0.25, 0.3) is 5.91 Å². The zero-order valence-corrected chi connectivity index (χ0v) is 15.8. The Labute approximate surface area is 162 Å². The molecule has 2 aromatic rings. The van der Waals surface area contributed by atoms with E-state index in [0.29, 0.717) is 5.56 Å². The molecule has 0 aliphatic rings. The number of nitrogens with zero attached hydrogens (tertiary/aromatic N) is 2. The van der Waals surface area contributed by atoms with Crippen LogP contribution >= 0.6 is 15.9 Å². The number of methoxy groups -OCH3 is 1. The summed E-state index contributed by atoms with van der Waals surface area (Å²) in [5.41, 5.74) is 2.26. The molecule has 0 atom stereocenters. The fourth-order valence-corrected chi connectivity index (χ4v) is 2.55. The maximum Gasteiger partial charge on any atom is 0.323 e. The van der Waals surface area contributed by atoms with Gasteiger partial charge in [-0.05, 0) is 30.3 Å². The van der Waals surface area contributed by atoms with Crippen LogP contribution in [0.15, 0.2) is 46.0 Å². The molecular formula is C17H14BrN3O6. The van der Waals surface area contributed by atoms with E-state index in [1.54, 1.807) is 24.3 Å². The third kappa shape index (κ3) is 5.11. The summed E-state index contributed by atoms with van der Waals surface area (Å²) in [5.74, 6) is -1.45. The smallest absolute Gasteiger partial charge is 0.323 e. The molecule has 2 rings (SSSR count). The second-order valence-electron chi connectivity index (χ2n) is 5.10. The number of amides is 1. The number of hydrogen-bond acceptors (Lipinski definition) is 7. The van der Waals surface area contributed by atoms with Gasteiger partial charge in [0.2, 0.25) is 5.75 Å². The minimum Gasteiger partial charge on any atom is -0.488 e. The predicted molar refractivity (Wildman–Crippen MR) is 100 cm³/mol. The summed E-state index contributed by atoms with van der Waals surface area (Å²) >= 11 is 3.26. The van der Waals surface area contributed by atoms with Gasteiger partial charge in [0.15, 0.2) is 5.75 Å². The van der Waals surface area contributed by atoms with Gasteiger partial charge in [-0.1, -0.05) is 22.0 Å². The van der Waals surface area contributed by atoms with E-state index < -0.39 is 22.5 Å². The van der Waals surface area contributed by atoms with E-state index >= 15 is 0 Å². The van der Waals surface area contributed by atoms with Crippen molar-refractivity contribution in [2.75, 3.05) is 7.11 Å². The molecule has 140 valence electrons. The minimum absolute atomic E-state index is 0.0577. The Morgan fingerprint density at radius 1 is 1.30 bits per heavy atom. The van der Waals surface area contributed by atoms with Gasteiger partial charge in [-0.25, -0.2) is 5.43 Å². The normalized spacial score (nSPS) is 10.5. The van der Waals surface area contributed by atoms with Gasteiger partial charge >= 0.3 is 11.7 Å². The summed E-state index contributed by atoms with van der Waals surface area (Å²) in [7, 11) is 1.21. The van der Waals surface area contributed by atoms with E-state index in [2.05, 4.69) is 26.5 Å².